The molecule has 0 saturated carbocycles. The van der Waals surface area contributed by atoms with Crippen LogP contribution in [0.3, 0.4) is 0 Å². The Kier molecular flexibility index (Phi) is 3.82. The average molecular weight is 237 g/mol. The maximum atomic E-state index is 11.3. The normalized spacial score (nSPS) is 9.53. The van der Waals surface area contributed by atoms with Gasteiger partial charge >= 0.3 is 11.9 Å². The predicted octanol–water partition coefficient (Wildman–Crippen LogP) is 1.13. The number of anilines is 1. The van der Waals surface area contributed by atoms with Gasteiger partial charge in [-0.15, -0.1) is 0 Å². The van der Waals surface area contributed by atoms with Crippen LogP contribution in [-0.4, -0.2) is 30.1 Å². The van der Waals surface area contributed by atoms with Gasteiger partial charge in [0.2, 0.25) is 5.91 Å². The second kappa shape index (κ2) is 5.11. The molecule has 0 aliphatic carbocycles. The van der Waals surface area contributed by atoms with E-state index in [4.69, 9.17) is 5.11 Å². The second-order valence-electron chi connectivity index (χ2n) is 3.24. The third-order valence-corrected chi connectivity index (χ3v) is 1.98. The van der Waals surface area contributed by atoms with Crippen molar-refractivity contribution in [1.82, 2.24) is 0 Å². The standard InChI is InChI=1S/C11H11NO5/c1-6(13)12-9-5-7(11(16)17-2)3-4-8(9)10(14)15/h3-5H,1-2H3,(H,12,13)(H,14,15). The number of esters is 1. The van der Waals surface area contributed by atoms with Gasteiger partial charge < -0.3 is 15.2 Å². The van der Waals surface area contributed by atoms with Gasteiger partial charge in [-0.3, -0.25) is 4.79 Å². The van der Waals surface area contributed by atoms with Crippen LogP contribution in [0.15, 0.2) is 18.2 Å². The summed E-state index contributed by atoms with van der Waals surface area (Å²) in [5.41, 5.74) is 0.141. The van der Waals surface area contributed by atoms with Crippen LogP contribution in [0.1, 0.15) is 27.6 Å². The fraction of sp³-hybridized carbons (Fsp3) is 0.182. The summed E-state index contributed by atoms with van der Waals surface area (Å²) < 4.78 is 4.50. The van der Waals surface area contributed by atoms with Crippen molar-refractivity contribution in [2.75, 3.05) is 12.4 Å². The zero-order valence-corrected chi connectivity index (χ0v) is 9.31. The van der Waals surface area contributed by atoms with E-state index in [1.165, 1.54) is 32.2 Å². The third kappa shape index (κ3) is 3.04. The summed E-state index contributed by atoms with van der Waals surface area (Å²) in [6.45, 7) is 1.25. The van der Waals surface area contributed by atoms with Gasteiger partial charge in [-0.1, -0.05) is 0 Å². The van der Waals surface area contributed by atoms with Crippen molar-refractivity contribution in [3.63, 3.8) is 0 Å². The Labute approximate surface area is 97.2 Å². The summed E-state index contributed by atoms with van der Waals surface area (Å²) >= 11 is 0. The largest absolute Gasteiger partial charge is 0.478 e. The molecule has 0 spiro atoms. The van der Waals surface area contributed by atoms with E-state index in [2.05, 4.69) is 10.1 Å². The monoisotopic (exact) mass is 237 g/mol. The molecule has 0 fully saturated rings. The van der Waals surface area contributed by atoms with E-state index in [-0.39, 0.29) is 16.8 Å². The van der Waals surface area contributed by atoms with Gasteiger partial charge in [-0.25, -0.2) is 9.59 Å². The average Bonchev–Trinajstić information content (AvgIpc) is 2.26. The molecule has 0 unspecified atom stereocenters. The lowest BCUT2D eigenvalue weighted by Gasteiger charge is -2.08. The van der Waals surface area contributed by atoms with Crippen LogP contribution in [0.25, 0.3) is 0 Å². The molecular formula is C11H11NO5. The molecule has 1 amide bonds. The number of rotatable bonds is 3. The zero-order chi connectivity index (χ0) is 13.0. The van der Waals surface area contributed by atoms with E-state index >= 15 is 0 Å². The van der Waals surface area contributed by atoms with E-state index in [1.807, 2.05) is 0 Å². The number of methoxy groups -OCH3 is 1. The number of benzene rings is 1. The number of carbonyl (C=O) groups is 3. The molecule has 0 bridgehead atoms. The minimum atomic E-state index is -1.19. The Morgan fingerprint density at radius 1 is 1.29 bits per heavy atom. The van der Waals surface area contributed by atoms with Crippen molar-refractivity contribution < 1.29 is 24.2 Å². The van der Waals surface area contributed by atoms with Crippen LogP contribution < -0.4 is 5.32 Å². The maximum Gasteiger partial charge on any atom is 0.337 e. The first-order chi connectivity index (χ1) is 7.95. The lowest BCUT2D eigenvalue weighted by Crippen LogP contribution is -2.12. The van der Waals surface area contributed by atoms with Gasteiger partial charge in [0.15, 0.2) is 0 Å². The number of aromatic carboxylic acids is 1. The zero-order valence-electron chi connectivity index (χ0n) is 9.31. The summed E-state index contributed by atoms with van der Waals surface area (Å²) in [6, 6.07) is 3.82. The molecule has 2 N–H and O–H groups in total. The van der Waals surface area contributed by atoms with Crippen molar-refractivity contribution >= 4 is 23.5 Å². The van der Waals surface area contributed by atoms with Crippen molar-refractivity contribution in [1.29, 1.82) is 0 Å². The number of amides is 1. The van der Waals surface area contributed by atoms with Crippen LogP contribution in [-0.2, 0) is 9.53 Å². The smallest absolute Gasteiger partial charge is 0.337 e. The Morgan fingerprint density at radius 2 is 1.94 bits per heavy atom. The van der Waals surface area contributed by atoms with E-state index in [0.717, 1.165) is 0 Å². The number of carbonyl (C=O) groups excluding carboxylic acids is 2. The molecule has 6 nitrogen and oxygen atoms in total. The van der Waals surface area contributed by atoms with Crippen molar-refractivity contribution in [2.24, 2.45) is 0 Å². The molecular weight excluding hydrogens is 226 g/mol. The quantitative estimate of drug-likeness (QED) is 0.768. The highest BCUT2D eigenvalue weighted by molar-refractivity contribution is 6.02. The molecule has 6 heteroatoms. The molecule has 0 heterocycles. The van der Waals surface area contributed by atoms with Crippen molar-refractivity contribution in [3.8, 4) is 0 Å². The van der Waals surface area contributed by atoms with Gasteiger partial charge in [0.1, 0.15) is 0 Å². The third-order valence-electron chi connectivity index (χ3n) is 1.98. The van der Waals surface area contributed by atoms with Crippen LogP contribution in [0, 0.1) is 0 Å². The molecule has 1 aromatic rings. The second-order valence-corrected chi connectivity index (χ2v) is 3.24. The highest BCUT2D eigenvalue weighted by atomic mass is 16.5. The molecule has 90 valence electrons. The highest BCUT2D eigenvalue weighted by Gasteiger charge is 2.14. The SMILES string of the molecule is COC(=O)c1ccc(C(=O)O)c(NC(C)=O)c1. The number of hydrogen-bond acceptors (Lipinski definition) is 4. The topological polar surface area (TPSA) is 92.7 Å². The maximum absolute atomic E-state index is 11.3. The molecule has 17 heavy (non-hydrogen) atoms. The Bertz CT molecular complexity index is 481. The molecule has 0 aliphatic rings. The van der Waals surface area contributed by atoms with Crippen LogP contribution in [0.5, 0.6) is 0 Å². The number of nitrogens with one attached hydrogen (secondary N) is 1. The summed E-state index contributed by atoms with van der Waals surface area (Å²) in [5.74, 6) is -2.21. The Balaban J connectivity index is 3.23. The number of hydrogen-bond donors (Lipinski definition) is 2. The first-order valence-electron chi connectivity index (χ1n) is 4.69. The lowest BCUT2D eigenvalue weighted by atomic mass is 10.1. The molecule has 1 rings (SSSR count). The summed E-state index contributed by atoms with van der Waals surface area (Å²) in [6.07, 6.45) is 0. The van der Waals surface area contributed by atoms with Crippen LogP contribution in [0.2, 0.25) is 0 Å². The van der Waals surface area contributed by atoms with Crippen LogP contribution in [0.4, 0.5) is 5.69 Å². The lowest BCUT2D eigenvalue weighted by molar-refractivity contribution is -0.114. The van der Waals surface area contributed by atoms with Gasteiger partial charge in [-0.2, -0.15) is 0 Å². The Morgan fingerprint density at radius 3 is 2.41 bits per heavy atom. The van der Waals surface area contributed by atoms with Crippen LogP contribution >= 0.6 is 0 Å². The number of carboxylic acids is 1. The number of ether oxygens (including phenoxy) is 1. The fourth-order valence-electron chi connectivity index (χ4n) is 1.27. The van der Waals surface area contributed by atoms with Gasteiger partial charge in [0.05, 0.1) is 23.9 Å². The summed E-state index contributed by atoms with van der Waals surface area (Å²) in [7, 11) is 1.21. The van der Waals surface area contributed by atoms with Gasteiger partial charge in [0, 0.05) is 6.92 Å². The first kappa shape index (κ1) is 12.7. The van der Waals surface area contributed by atoms with E-state index in [9.17, 15) is 14.4 Å². The minimum absolute atomic E-state index is 0.0629. The molecule has 1 aromatic carbocycles. The molecule has 0 saturated heterocycles. The predicted molar refractivity (Wildman–Crippen MR) is 59.0 cm³/mol. The molecule has 0 aliphatic heterocycles. The molecule has 0 atom stereocenters. The van der Waals surface area contributed by atoms with Crippen molar-refractivity contribution in [3.05, 3.63) is 29.3 Å². The number of carboxylic acid groups (broad SMARTS) is 1. The molecule has 0 radical (unpaired) electrons. The van der Waals surface area contributed by atoms with E-state index < -0.39 is 17.8 Å². The van der Waals surface area contributed by atoms with Gasteiger partial charge in [0.25, 0.3) is 0 Å². The highest BCUT2D eigenvalue weighted by Crippen LogP contribution is 2.18. The summed E-state index contributed by atoms with van der Waals surface area (Å²) in [4.78, 5) is 33.1. The van der Waals surface area contributed by atoms with Gasteiger partial charge in [-0.05, 0) is 18.2 Å². The summed E-state index contributed by atoms with van der Waals surface area (Å²) in [5, 5.41) is 11.2. The molecule has 0 aromatic heterocycles. The first-order valence-corrected chi connectivity index (χ1v) is 4.69. The minimum Gasteiger partial charge on any atom is -0.478 e. The van der Waals surface area contributed by atoms with E-state index in [1.54, 1.807) is 0 Å². The van der Waals surface area contributed by atoms with Crippen molar-refractivity contribution in [2.45, 2.75) is 6.92 Å². The fourth-order valence-corrected chi connectivity index (χ4v) is 1.27. The Hall–Kier alpha value is -2.37. The van der Waals surface area contributed by atoms with E-state index in [0.29, 0.717) is 0 Å².